The van der Waals surface area contributed by atoms with Gasteiger partial charge in [0.1, 0.15) is 5.25 Å². The molecule has 6 nitrogen and oxygen atoms in total. The maximum atomic E-state index is 13.3. The van der Waals surface area contributed by atoms with Gasteiger partial charge in [0.2, 0.25) is 5.91 Å². The molecule has 1 atom stereocenters. The Hall–Kier alpha value is -2.62. The lowest BCUT2D eigenvalue weighted by atomic mass is 10.1. The summed E-state index contributed by atoms with van der Waals surface area (Å²) in [5.74, 6) is -2.64. The van der Waals surface area contributed by atoms with E-state index in [-0.39, 0.29) is 21.0 Å². The predicted octanol–water partition coefficient (Wildman–Crippen LogP) is 10.0. The summed E-state index contributed by atoms with van der Waals surface area (Å²) < 4.78 is 0. The van der Waals surface area contributed by atoms with Crippen molar-refractivity contribution in [1.29, 1.82) is 0 Å². The van der Waals surface area contributed by atoms with Crippen molar-refractivity contribution in [2.75, 3.05) is 10.6 Å². The van der Waals surface area contributed by atoms with Crippen LogP contribution in [-0.2, 0) is 4.79 Å². The fourth-order valence-corrected chi connectivity index (χ4v) is 6.02. The highest BCUT2D eigenvalue weighted by molar-refractivity contribution is 8.00. The van der Waals surface area contributed by atoms with Crippen LogP contribution < -0.4 is 10.6 Å². The van der Waals surface area contributed by atoms with E-state index in [9.17, 15) is 19.5 Å². The summed E-state index contributed by atoms with van der Waals surface area (Å²) in [6.07, 6.45) is 0. The van der Waals surface area contributed by atoms with Crippen molar-refractivity contribution in [2.45, 2.75) is 10.1 Å². The van der Waals surface area contributed by atoms with Crippen LogP contribution in [0.25, 0.3) is 0 Å². The molecule has 1 unspecified atom stereocenters. The Morgan fingerprint density at radius 3 is 1.83 bits per heavy atom. The monoisotopic (exact) mass is 686 g/mol. The van der Waals surface area contributed by atoms with E-state index >= 15 is 0 Å². The zero-order chi connectivity index (χ0) is 29.8. The third kappa shape index (κ3) is 7.24. The number of carbonyl (C=O) groups is 3. The summed E-state index contributed by atoms with van der Waals surface area (Å²) in [6.45, 7) is 0. The summed E-state index contributed by atoms with van der Waals surface area (Å²) in [5, 5.41) is 13.8. The number of amides is 2. The van der Waals surface area contributed by atoms with E-state index in [0.717, 1.165) is 5.56 Å². The lowest BCUT2D eigenvalue weighted by Gasteiger charge is -2.18. The summed E-state index contributed by atoms with van der Waals surface area (Å²) in [5.41, 5.74) is 0.575. The second-order valence-corrected chi connectivity index (χ2v) is 11.8. The quantitative estimate of drug-likeness (QED) is 0.0973. The van der Waals surface area contributed by atoms with Crippen LogP contribution in [0.1, 0.15) is 31.5 Å². The van der Waals surface area contributed by atoms with Gasteiger partial charge in [0.05, 0.1) is 41.3 Å². The molecular formula is C28H16Cl6N2O4S. The minimum absolute atomic E-state index is 0.244. The molecule has 0 spiro atoms. The van der Waals surface area contributed by atoms with Crippen LogP contribution >= 0.6 is 81.4 Å². The highest BCUT2D eigenvalue weighted by atomic mass is 35.5. The number of hydrogen-bond acceptors (Lipinski definition) is 4. The Bertz CT molecular complexity index is 1650. The first-order valence-corrected chi connectivity index (χ1v) is 14.6. The summed E-state index contributed by atoms with van der Waals surface area (Å²) >= 11 is 37.6. The molecule has 0 aromatic heterocycles. The van der Waals surface area contributed by atoms with Gasteiger partial charge in [-0.2, -0.15) is 0 Å². The Balaban J connectivity index is 1.56. The predicted molar refractivity (Wildman–Crippen MR) is 168 cm³/mol. The number of halogens is 6. The molecule has 0 bridgehead atoms. The average Bonchev–Trinajstić information content (AvgIpc) is 2.95. The molecule has 41 heavy (non-hydrogen) atoms. The fraction of sp³-hybridized carbons (Fsp3) is 0.0357. The Morgan fingerprint density at radius 2 is 1.24 bits per heavy atom. The zero-order valence-electron chi connectivity index (χ0n) is 20.4. The van der Waals surface area contributed by atoms with Crippen LogP contribution in [0.15, 0.2) is 77.7 Å². The van der Waals surface area contributed by atoms with Gasteiger partial charge >= 0.3 is 5.97 Å². The molecule has 0 aliphatic carbocycles. The van der Waals surface area contributed by atoms with Crippen LogP contribution in [0.4, 0.5) is 11.4 Å². The third-order valence-electron chi connectivity index (χ3n) is 5.60. The lowest BCUT2D eigenvalue weighted by molar-refractivity contribution is -0.115. The van der Waals surface area contributed by atoms with E-state index in [1.54, 1.807) is 42.5 Å². The number of rotatable bonds is 8. The van der Waals surface area contributed by atoms with Crippen molar-refractivity contribution in [3.63, 3.8) is 0 Å². The van der Waals surface area contributed by atoms with Gasteiger partial charge in [-0.3, -0.25) is 9.59 Å². The maximum absolute atomic E-state index is 13.3. The van der Waals surface area contributed by atoms with E-state index in [0.29, 0.717) is 26.3 Å². The molecule has 0 aliphatic rings. The van der Waals surface area contributed by atoms with Crippen molar-refractivity contribution >= 4 is 111 Å². The topological polar surface area (TPSA) is 95.5 Å². The second kappa shape index (κ2) is 13.6. The summed E-state index contributed by atoms with van der Waals surface area (Å²) in [4.78, 5) is 38.9. The fourth-order valence-electron chi connectivity index (χ4n) is 3.67. The van der Waals surface area contributed by atoms with Crippen molar-refractivity contribution < 1.29 is 19.5 Å². The Labute approximate surface area is 268 Å². The van der Waals surface area contributed by atoms with Crippen molar-refractivity contribution in [2.24, 2.45) is 0 Å². The lowest BCUT2D eigenvalue weighted by Crippen LogP contribution is -2.19. The minimum Gasteiger partial charge on any atom is -0.478 e. The molecular weight excluding hydrogens is 673 g/mol. The van der Waals surface area contributed by atoms with Gasteiger partial charge in [0.15, 0.2) is 0 Å². The first kappa shape index (κ1) is 31.3. The molecule has 0 saturated carbocycles. The van der Waals surface area contributed by atoms with Crippen LogP contribution in [-0.4, -0.2) is 22.9 Å². The van der Waals surface area contributed by atoms with E-state index in [1.165, 1.54) is 11.8 Å². The molecule has 13 heteroatoms. The number of aromatic carboxylic acids is 1. The molecule has 210 valence electrons. The van der Waals surface area contributed by atoms with E-state index in [2.05, 4.69) is 10.6 Å². The maximum Gasteiger partial charge on any atom is 0.338 e. The number of benzene rings is 4. The molecule has 0 aliphatic heterocycles. The summed E-state index contributed by atoms with van der Waals surface area (Å²) in [7, 11) is 0. The Morgan fingerprint density at radius 1 is 0.659 bits per heavy atom. The van der Waals surface area contributed by atoms with Crippen molar-refractivity contribution in [3.05, 3.63) is 120 Å². The molecule has 0 fully saturated rings. The average molecular weight is 689 g/mol. The second-order valence-electron chi connectivity index (χ2n) is 8.32. The van der Waals surface area contributed by atoms with Gasteiger partial charge in [-0.25, -0.2) is 4.79 Å². The first-order chi connectivity index (χ1) is 19.5. The number of nitrogens with one attached hydrogen (secondary N) is 2. The summed E-state index contributed by atoms with van der Waals surface area (Å²) in [6, 6.07) is 20.6. The van der Waals surface area contributed by atoms with Crippen LogP contribution in [0.2, 0.25) is 30.1 Å². The first-order valence-electron chi connectivity index (χ1n) is 11.5. The van der Waals surface area contributed by atoms with Gasteiger partial charge in [0, 0.05) is 16.3 Å². The van der Waals surface area contributed by atoms with Crippen LogP contribution in [0, 0.1) is 0 Å². The molecule has 0 saturated heterocycles. The molecule has 0 heterocycles. The number of carboxylic acid groups (broad SMARTS) is 1. The molecule has 0 radical (unpaired) electrons. The number of thioether (sulfide) groups is 1. The van der Waals surface area contributed by atoms with E-state index in [4.69, 9.17) is 69.6 Å². The normalized spacial score (nSPS) is 11.6. The van der Waals surface area contributed by atoms with Crippen LogP contribution in [0.3, 0.4) is 0 Å². The largest absolute Gasteiger partial charge is 0.478 e. The molecule has 3 N–H and O–H groups in total. The van der Waals surface area contributed by atoms with Crippen molar-refractivity contribution in [3.8, 4) is 0 Å². The number of carboxylic acids is 1. The van der Waals surface area contributed by atoms with Gasteiger partial charge in [0.25, 0.3) is 5.91 Å². The molecule has 4 aromatic carbocycles. The standard InChI is InChI=1S/C28H16Cl6N2O4S/c29-17-11-8-15(12-18(17)30)36-27(38)25(13-4-2-1-3-5-13)41-16-9-6-14(7-10-16)35-26(37)19-20(28(39)40)22(32)24(34)23(33)21(19)31/h1-12,25H,(H,35,37)(H,36,38)(H,39,40). The molecule has 4 rings (SSSR count). The number of anilines is 2. The minimum atomic E-state index is -1.50. The molecule has 2 amide bonds. The zero-order valence-corrected chi connectivity index (χ0v) is 25.7. The van der Waals surface area contributed by atoms with E-state index in [1.807, 2.05) is 30.3 Å². The Kier molecular flexibility index (Phi) is 10.4. The highest BCUT2D eigenvalue weighted by Crippen LogP contribution is 2.42. The van der Waals surface area contributed by atoms with Crippen LogP contribution in [0.5, 0.6) is 0 Å². The van der Waals surface area contributed by atoms with Gasteiger partial charge < -0.3 is 15.7 Å². The van der Waals surface area contributed by atoms with Gasteiger partial charge in [-0.15, -0.1) is 11.8 Å². The molecule has 4 aromatic rings. The number of carbonyl (C=O) groups excluding carboxylic acids is 2. The van der Waals surface area contributed by atoms with E-state index < -0.39 is 33.3 Å². The van der Waals surface area contributed by atoms with Gasteiger partial charge in [-0.05, 0) is 48.0 Å². The smallest absolute Gasteiger partial charge is 0.338 e. The highest BCUT2D eigenvalue weighted by Gasteiger charge is 2.29. The van der Waals surface area contributed by atoms with Crippen molar-refractivity contribution in [1.82, 2.24) is 0 Å². The SMILES string of the molecule is O=C(O)c1c(Cl)c(Cl)c(Cl)c(Cl)c1C(=O)Nc1ccc(SC(C(=O)Nc2ccc(Cl)c(Cl)c2)c2ccccc2)cc1. The number of hydrogen-bond donors (Lipinski definition) is 3. The van der Waals surface area contributed by atoms with Gasteiger partial charge in [-0.1, -0.05) is 99.9 Å². The third-order valence-corrected chi connectivity index (χ3v) is 9.41.